The standard InChI is InChI=1S/C17H21N3O/c1-3-18-16-12-8-4-6-10-14(12)19-17(20-16)13-9-5-7-11-15(13)21-2/h5,7,9,11H,3-4,6,8,10H2,1-2H3,(H,18,19,20). The third kappa shape index (κ3) is 2.71. The summed E-state index contributed by atoms with van der Waals surface area (Å²) in [6.45, 7) is 2.97. The van der Waals surface area contributed by atoms with Gasteiger partial charge in [0.1, 0.15) is 11.6 Å². The Morgan fingerprint density at radius 3 is 2.76 bits per heavy atom. The fourth-order valence-corrected chi connectivity index (χ4v) is 2.86. The van der Waals surface area contributed by atoms with Gasteiger partial charge in [-0.3, -0.25) is 0 Å². The Bertz CT molecular complexity index is 640. The van der Waals surface area contributed by atoms with Crippen LogP contribution in [0.1, 0.15) is 31.0 Å². The number of aryl methyl sites for hydroxylation is 1. The van der Waals surface area contributed by atoms with Crippen molar-refractivity contribution in [3.8, 4) is 17.1 Å². The van der Waals surface area contributed by atoms with E-state index in [0.717, 1.165) is 42.3 Å². The first kappa shape index (κ1) is 13.9. The molecule has 0 spiro atoms. The van der Waals surface area contributed by atoms with E-state index in [2.05, 4.69) is 12.2 Å². The summed E-state index contributed by atoms with van der Waals surface area (Å²) < 4.78 is 5.44. The summed E-state index contributed by atoms with van der Waals surface area (Å²) in [5.74, 6) is 2.56. The highest BCUT2D eigenvalue weighted by molar-refractivity contribution is 5.66. The SMILES string of the molecule is CCNc1nc(-c2ccccc2OC)nc2c1CCCC2. The van der Waals surface area contributed by atoms with Crippen molar-refractivity contribution in [3.63, 3.8) is 0 Å². The number of nitrogens with one attached hydrogen (secondary N) is 1. The van der Waals surface area contributed by atoms with Crippen molar-refractivity contribution in [1.29, 1.82) is 0 Å². The largest absolute Gasteiger partial charge is 0.496 e. The Labute approximate surface area is 125 Å². The first-order valence-electron chi connectivity index (χ1n) is 7.60. The quantitative estimate of drug-likeness (QED) is 0.933. The number of hydrogen-bond acceptors (Lipinski definition) is 4. The van der Waals surface area contributed by atoms with E-state index in [-0.39, 0.29) is 0 Å². The number of para-hydroxylation sites is 1. The highest BCUT2D eigenvalue weighted by Crippen LogP contribution is 2.32. The molecule has 0 saturated heterocycles. The van der Waals surface area contributed by atoms with Crippen LogP contribution in [-0.2, 0) is 12.8 Å². The van der Waals surface area contributed by atoms with Crippen LogP contribution in [0.4, 0.5) is 5.82 Å². The van der Waals surface area contributed by atoms with Crippen LogP contribution < -0.4 is 10.1 Å². The maximum Gasteiger partial charge on any atom is 0.165 e. The lowest BCUT2D eigenvalue weighted by atomic mass is 9.96. The molecule has 3 rings (SSSR count). The molecule has 1 heterocycles. The highest BCUT2D eigenvalue weighted by atomic mass is 16.5. The van der Waals surface area contributed by atoms with Crippen molar-refractivity contribution in [1.82, 2.24) is 9.97 Å². The second kappa shape index (κ2) is 6.12. The zero-order valence-corrected chi connectivity index (χ0v) is 12.6. The molecule has 4 heteroatoms. The molecule has 0 fully saturated rings. The van der Waals surface area contributed by atoms with E-state index in [4.69, 9.17) is 14.7 Å². The molecule has 1 aromatic carbocycles. The number of aromatic nitrogens is 2. The van der Waals surface area contributed by atoms with Gasteiger partial charge in [-0.2, -0.15) is 0 Å². The molecule has 1 N–H and O–H groups in total. The summed E-state index contributed by atoms with van der Waals surface area (Å²) in [6.07, 6.45) is 4.55. The van der Waals surface area contributed by atoms with Gasteiger partial charge in [-0.1, -0.05) is 12.1 Å². The molecule has 0 saturated carbocycles. The Kier molecular flexibility index (Phi) is 4.04. The lowest BCUT2D eigenvalue weighted by Crippen LogP contribution is -2.13. The fourth-order valence-electron chi connectivity index (χ4n) is 2.86. The van der Waals surface area contributed by atoms with E-state index in [1.807, 2.05) is 24.3 Å². The summed E-state index contributed by atoms with van der Waals surface area (Å²) >= 11 is 0. The predicted octanol–water partition coefficient (Wildman–Crippen LogP) is 3.46. The minimum atomic E-state index is 0.754. The normalized spacial score (nSPS) is 13.6. The molecular weight excluding hydrogens is 262 g/mol. The van der Waals surface area contributed by atoms with Crippen molar-refractivity contribution in [2.24, 2.45) is 0 Å². The average molecular weight is 283 g/mol. The third-order valence-electron chi connectivity index (χ3n) is 3.88. The summed E-state index contributed by atoms with van der Waals surface area (Å²) in [4.78, 5) is 9.56. The Balaban J connectivity index is 2.12. The van der Waals surface area contributed by atoms with Crippen LogP contribution in [0.3, 0.4) is 0 Å². The second-order valence-corrected chi connectivity index (χ2v) is 5.26. The Morgan fingerprint density at radius 1 is 1.14 bits per heavy atom. The van der Waals surface area contributed by atoms with Gasteiger partial charge >= 0.3 is 0 Å². The number of benzene rings is 1. The van der Waals surface area contributed by atoms with Crippen LogP contribution >= 0.6 is 0 Å². The molecule has 21 heavy (non-hydrogen) atoms. The molecule has 2 aromatic rings. The van der Waals surface area contributed by atoms with Crippen molar-refractivity contribution in [2.45, 2.75) is 32.6 Å². The monoisotopic (exact) mass is 283 g/mol. The van der Waals surface area contributed by atoms with Gasteiger partial charge < -0.3 is 10.1 Å². The smallest absolute Gasteiger partial charge is 0.165 e. The van der Waals surface area contributed by atoms with E-state index in [9.17, 15) is 0 Å². The van der Waals surface area contributed by atoms with Gasteiger partial charge in [0.15, 0.2) is 5.82 Å². The van der Waals surface area contributed by atoms with Crippen LogP contribution in [0.2, 0.25) is 0 Å². The van der Waals surface area contributed by atoms with Crippen LogP contribution in [0.25, 0.3) is 11.4 Å². The average Bonchev–Trinajstić information content (AvgIpc) is 2.55. The maximum atomic E-state index is 5.44. The second-order valence-electron chi connectivity index (χ2n) is 5.26. The van der Waals surface area contributed by atoms with Crippen LogP contribution in [0, 0.1) is 0 Å². The Morgan fingerprint density at radius 2 is 1.95 bits per heavy atom. The molecule has 1 aliphatic rings. The zero-order chi connectivity index (χ0) is 14.7. The van der Waals surface area contributed by atoms with Gasteiger partial charge in [0.2, 0.25) is 0 Å². The third-order valence-corrected chi connectivity index (χ3v) is 3.88. The van der Waals surface area contributed by atoms with Crippen LogP contribution in [0.5, 0.6) is 5.75 Å². The van der Waals surface area contributed by atoms with Crippen molar-refractivity contribution in [2.75, 3.05) is 19.0 Å². The van der Waals surface area contributed by atoms with Gasteiger partial charge in [-0.15, -0.1) is 0 Å². The van der Waals surface area contributed by atoms with Crippen LogP contribution in [-0.4, -0.2) is 23.6 Å². The maximum absolute atomic E-state index is 5.44. The molecule has 1 aliphatic carbocycles. The number of hydrogen-bond donors (Lipinski definition) is 1. The molecular formula is C17H21N3O. The number of rotatable bonds is 4. The molecule has 0 bridgehead atoms. The summed E-state index contributed by atoms with van der Waals surface area (Å²) in [6, 6.07) is 7.92. The van der Waals surface area contributed by atoms with E-state index in [1.165, 1.54) is 24.1 Å². The van der Waals surface area contributed by atoms with Crippen molar-refractivity contribution < 1.29 is 4.74 Å². The molecule has 0 atom stereocenters. The molecule has 1 aromatic heterocycles. The minimum absolute atomic E-state index is 0.754. The number of ether oxygens (including phenoxy) is 1. The van der Waals surface area contributed by atoms with E-state index in [1.54, 1.807) is 7.11 Å². The number of nitrogens with zero attached hydrogens (tertiary/aromatic N) is 2. The van der Waals surface area contributed by atoms with Gasteiger partial charge in [0, 0.05) is 17.8 Å². The molecule has 0 radical (unpaired) electrons. The van der Waals surface area contributed by atoms with E-state index < -0.39 is 0 Å². The van der Waals surface area contributed by atoms with Crippen LogP contribution in [0.15, 0.2) is 24.3 Å². The summed E-state index contributed by atoms with van der Waals surface area (Å²) in [5, 5.41) is 3.39. The zero-order valence-electron chi connectivity index (χ0n) is 12.6. The van der Waals surface area contributed by atoms with E-state index in [0.29, 0.717) is 0 Å². The highest BCUT2D eigenvalue weighted by Gasteiger charge is 2.19. The molecule has 4 nitrogen and oxygen atoms in total. The number of anilines is 1. The molecule has 0 unspecified atom stereocenters. The van der Waals surface area contributed by atoms with Gasteiger partial charge in [-0.25, -0.2) is 9.97 Å². The Hall–Kier alpha value is -2.10. The first-order chi connectivity index (χ1) is 10.3. The topological polar surface area (TPSA) is 47.0 Å². The lowest BCUT2D eigenvalue weighted by Gasteiger charge is -2.20. The predicted molar refractivity (Wildman–Crippen MR) is 84.8 cm³/mol. The molecule has 0 aliphatic heterocycles. The van der Waals surface area contributed by atoms with Crippen molar-refractivity contribution >= 4 is 5.82 Å². The molecule has 110 valence electrons. The van der Waals surface area contributed by atoms with Gasteiger partial charge in [-0.05, 0) is 44.7 Å². The summed E-state index contributed by atoms with van der Waals surface area (Å²) in [5.41, 5.74) is 3.43. The number of fused-ring (bicyclic) bond motifs is 1. The lowest BCUT2D eigenvalue weighted by molar-refractivity contribution is 0.416. The van der Waals surface area contributed by atoms with Gasteiger partial charge in [0.05, 0.1) is 12.7 Å². The first-order valence-corrected chi connectivity index (χ1v) is 7.60. The fraction of sp³-hybridized carbons (Fsp3) is 0.412. The minimum Gasteiger partial charge on any atom is -0.496 e. The van der Waals surface area contributed by atoms with Crippen molar-refractivity contribution in [3.05, 3.63) is 35.5 Å². The molecule has 0 amide bonds. The summed E-state index contributed by atoms with van der Waals surface area (Å²) in [7, 11) is 1.68. The van der Waals surface area contributed by atoms with E-state index >= 15 is 0 Å². The number of methoxy groups -OCH3 is 1. The van der Waals surface area contributed by atoms with Gasteiger partial charge in [0.25, 0.3) is 0 Å².